The Hall–Kier alpha value is -3.18. The molecular formula is C25H28N4O3S. The molecule has 0 aliphatic heterocycles. The van der Waals surface area contributed by atoms with Gasteiger partial charge < -0.3 is 5.32 Å². The van der Waals surface area contributed by atoms with Crippen LogP contribution >= 0.6 is 11.3 Å². The molecule has 1 N–H and O–H groups in total. The van der Waals surface area contributed by atoms with Crippen LogP contribution in [0, 0.1) is 23.2 Å². The minimum atomic E-state index is -0.310. The highest BCUT2D eigenvalue weighted by Crippen LogP contribution is 2.30. The van der Waals surface area contributed by atoms with Gasteiger partial charge in [-0.05, 0) is 74.6 Å². The first kappa shape index (κ1) is 23.0. The number of fused-ring (bicyclic) bond motifs is 1. The lowest BCUT2D eigenvalue weighted by molar-refractivity contribution is -0.126. The summed E-state index contributed by atoms with van der Waals surface area (Å²) in [6.45, 7) is 4.62. The van der Waals surface area contributed by atoms with Crippen LogP contribution in [0.5, 0.6) is 0 Å². The molecule has 1 aromatic carbocycles. The van der Waals surface area contributed by atoms with Crippen molar-refractivity contribution in [3.63, 3.8) is 0 Å². The average molecular weight is 465 g/mol. The van der Waals surface area contributed by atoms with Crippen LogP contribution in [0.15, 0.2) is 45.3 Å². The first-order valence-corrected chi connectivity index (χ1v) is 12.3. The first-order chi connectivity index (χ1) is 15.9. The third kappa shape index (κ3) is 4.93. The predicted molar refractivity (Wildman–Crippen MR) is 129 cm³/mol. The van der Waals surface area contributed by atoms with E-state index in [1.54, 1.807) is 16.7 Å². The van der Waals surface area contributed by atoms with E-state index in [4.69, 9.17) is 5.26 Å². The van der Waals surface area contributed by atoms with Gasteiger partial charge in [0, 0.05) is 18.5 Å². The molecular weight excluding hydrogens is 436 g/mol. The van der Waals surface area contributed by atoms with E-state index in [9.17, 15) is 14.4 Å². The first-order valence-electron chi connectivity index (χ1n) is 11.4. The summed E-state index contributed by atoms with van der Waals surface area (Å²) in [6.07, 6.45) is 3.19. The van der Waals surface area contributed by atoms with Crippen LogP contribution < -0.4 is 16.6 Å². The third-order valence-electron chi connectivity index (χ3n) is 6.35. The molecule has 2 aromatic heterocycles. The quantitative estimate of drug-likeness (QED) is 0.604. The molecule has 0 unspecified atom stereocenters. The maximum atomic E-state index is 13.4. The van der Waals surface area contributed by atoms with Gasteiger partial charge in [0.25, 0.3) is 5.56 Å². The molecule has 7 nitrogen and oxygen atoms in total. The second-order valence-corrected chi connectivity index (χ2v) is 10.0. The zero-order valence-electron chi connectivity index (χ0n) is 18.9. The summed E-state index contributed by atoms with van der Waals surface area (Å²) in [5.41, 5.74) is 1.56. The van der Waals surface area contributed by atoms with Crippen molar-refractivity contribution >= 4 is 27.5 Å². The van der Waals surface area contributed by atoms with Crippen LogP contribution in [0.25, 0.3) is 10.2 Å². The molecule has 1 aliphatic rings. The summed E-state index contributed by atoms with van der Waals surface area (Å²) < 4.78 is 3.60. The number of aromatic nitrogens is 2. The maximum absolute atomic E-state index is 13.4. The van der Waals surface area contributed by atoms with Gasteiger partial charge in [-0.3, -0.25) is 18.7 Å². The summed E-state index contributed by atoms with van der Waals surface area (Å²) in [5, 5.41) is 13.8. The van der Waals surface area contributed by atoms with E-state index in [-0.39, 0.29) is 35.0 Å². The fourth-order valence-corrected chi connectivity index (χ4v) is 5.43. The van der Waals surface area contributed by atoms with Gasteiger partial charge in [0.1, 0.15) is 4.70 Å². The third-order valence-corrected chi connectivity index (χ3v) is 7.24. The Bertz CT molecular complexity index is 1300. The second kappa shape index (κ2) is 9.75. The van der Waals surface area contributed by atoms with Crippen molar-refractivity contribution in [3.05, 3.63) is 67.7 Å². The number of carbonyl (C=O) groups excluding carboxylic acids is 1. The molecule has 1 amide bonds. The van der Waals surface area contributed by atoms with Crippen LogP contribution in [-0.2, 0) is 17.9 Å². The largest absolute Gasteiger partial charge is 0.354 e. The second-order valence-electron chi connectivity index (χ2n) is 9.11. The van der Waals surface area contributed by atoms with E-state index < -0.39 is 0 Å². The molecule has 3 aromatic rings. The standard InChI is InChI=1S/C25H28N4O3S/c1-16(2)27-23(30)20-9-7-19(8-10-20)15-29-24(31)22-21(11-12-33-22)28(25(29)32)14-18-5-3-17(13-26)4-6-18/h3-6,11-12,16,19-20H,7-10,14-15H2,1-2H3,(H,27,30). The van der Waals surface area contributed by atoms with Crippen LogP contribution in [-0.4, -0.2) is 21.1 Å². The monoisotopic (exact) mass is 464 g/mol. The van der Waals surface area contributed by atoms with Gasteiger partial charge in [-0.25, -0.2) is 4.79 Å². The lowest BCUT2D eigenvalue weighted by Crippen LogP contribution is -2.42. The Balaban J connectivity index is 1.57. The number of hydrogen-bond donors (Lipinski definition) is 1. The summed E-state index contributed by atoms with van der Waals surface area (Å²) in [5.74, 6) is 0.304. The molecule has 2 heterocycles. The lowest BCUT2D eigenvalue weighted by Gasteiger charge is -2.28. The molecule has 8 heteroatoms. The van der Waals surface area contributed by atoms with Crippen LogP contribution in [0.2, 0.25) is 0 Å². The SMILES string of the molecule is CC(C)NC(=O)C1CCC(Cn2c(=O)c3sccc3n(Cc3ccc(C#N)cc3)c2=O)CC1. The molecule has 0 bridgehead atoms. The van der Waals surface area contributed by atoms with E-state index in [0.29, 0.717) is 28.9 Å². The van der Waals surface area contributed by atoms with Gasteiger partial charge in [0.2, 0.25) is 5.91 Å². The highest BCUT2D eigenvalue weighted by atomic mass is 32.1. The summed E-state index contributed by atoms with van der Waals surface area (Å²) in [4.78, 5) is 38.9. The highest BCUT2D eigenvalue weighted by molar-refractivity contribution is 7.17. The van der Waals surface area contributed by atoms with Gasteiger partial charge in [-0.2, -0.15) is 5.26 Å². The molecule has 33 heavy (non-hydrogen) atoms. The molecule has 1 fully saturated rings. The van der Waals surface area contributed by atoms with Crippen molar-refractivity contribution in [3.8, 4) is 6.07 Å². The minimum absolute atomic E-state index is 0.00758. The molecule has 1 aliphatic carbocycles. The number of rotatable bonds is 6. The van der Waals surface area contributed by atoms with Crippen LogP contribution in [0.4, 0.5) is 0 Å². The molecule has 172 valence electrons. The van der Waals surface area contributed by atoms with Gasteiger partial charge >= 0.3 is 5.69 Å². The van der Waals surface area contributed by atoms with Gasteiger partial charge in [0.05, 0.1) is 23.7 Å². The number of benzene rings is 1. The number of nitrogens with one attached hydrogen (secondary N) is 1. The Morgan fingerprint density at radius 1 is 1.12 bits per heavy atom. The molecule has 0 radical (unpaired) electrons. The van der Waals surface area contributed by atoms with Crippen molar-refractivity contribution < 1.29 is 4.79 Å². The Morgan fingerprint density at radius 2 is 1.82 bits per heavy atom. The summed E-state index contributed by atoms with van der Waals surface area (Å²) in [7, 11) is 0. The molecule has 0 spiro atoms. The van der Waals surface area contributed by atoms with Crippen molar-refractivity contribution in [2.24, 2.45) is 11.8 Å². The van der Waals surface area contributed by atoms with Gasteiger partial charge in [-0.15, -0.1) is 11.3 Å². The molecule has 1 saturated carbocycles. The van der Waals surface area contributed by atoms with Crippen LogP contribution in [0.1, 0.15) is 50.7 Å². The van der Waals surface area contributed by atoms with Crippen molar-refractivity contribution in [1.29, 1.82) is 5.26 Å². The van der Waals surface area contributed by atoms with E-state index >= 15 is 0 Å². The summed E-state index contributed by atoms with van der Waals surface area (Å²) >= 11 is 1.35. The zero-order valence-corrected chi connectivity index (χ0v) is 19.7. The molecule has 0 saturated heterocycles. The van der Waals surface area contributed by atoms with Crippen molar-refractivity contribution in [2.45, 2.75) is 58.7 Å². The number of thiophene rings is 1. The van der Waals surface area contributed by atoms with Crippen LogP contribution in [0.3, 0.4) is 0 Å². The molecule has 0 atom stereocenters. The fourth-order valence-electron chi connectivity index (χ4n) is 4.58. The fraction of sp³-hybridized carbons (Fsp3) is 0.440. The highest BCUT2D eigenvalue weighted by Gasteiger charge is 2.28. The smallest absolute Gasteiger partial charge is 0.331 e. The zero-order chi connectivity index (χ0) is 23.5. The molecule has 4 rings (SSSR count). The minimum Gasteiger partial charge on any atom is -0.354 e. The number of amides is 1. The maximum Gasteiger partial charge on any atom is 0.331 e. The number of hydrogen-bond acceptors (Lipinski definition) is 5. The number of carbonyl (C=O) groups is 1. The predicted octanol–water partition coefficient (Wildman–Crippen LogP) is 3.48. The van der Waals surface area contributed by atoms with E-state index in [0.717, 1.165) is 31.2 Å². The normalized spacial score (nSPS) is 18.4. The van der Waals surface area contributed by atoms with Gasteiger partial charge in [-0.1, -0.05) is 12.1 Å². The van der Waals surface area contributed by atoms with E-state index in [1.807, 2.05) is 37.4 Å². The Morgan fingerprint density at radius 3 is 2.45 bits per heavy atom. The number of nitrogens with zero attached hydrogens (tertiary/aromatic N) is 3. The number of nitriles is 1. The Labute approximate surface area is 196 Å². The van der Waals surface area contributed by atoms with Gasteiger partial charge in [0.15, 0.2) is 0 Å². The van der Waals surface area contributed by atoms with Crippen molar-refractivity contribution in [1.82, 2.24) is 14.5 Å². The average Bonchev–Trinajstić information content (AvgIpc) is 3.30. The topological polar surface area (TPSA) is 96.9 Å². The van der Waals surface area contributed by atoms with E-state index in [2.05, 4.69) is 11.4 Å². The van der Waals surface area contributed by atoms with Crippen molar-refractivity contribution in [2.75, 3.05) is 0 Å². The van der Waals surface area contributed by atoms with E-state index in [1.165, 1.54) is 15.9 Å². The summed E-state index contributed by atoms with van der Waals surface area (Å²) in [6, 6.07) is 11.2. The lowest BCUT2D eigenvalue weighted by atomic mass is 9.81. The Kier molecular flexibility index (Phi) is 6.80.